The standard InChI is InChI=1S/C16H16Cl2FN3.ClH/c17-15-16(18,21-10-12-4-2-1-3-5-12)8-9-22(15)13-6-7-14(19)20-11-13;/h1-7,11,15,21H,8-10H2;1H/t15?,16-;/m1./s1. The molecule has 7 heteroatoms. The van der Waals surface area contributed by atoms with Crippen molar-refractivity contribution in [2.45, 2.75) is 23.5 Å². The second-order valence-electron chi connectivity index (χ2n) is 5.32. The van der Waals surface area contributed by atoms with Crippen molar-refractivity contribution in [3.05, 3.63) is 60.2 Å². The van der Waals surface area contributed by atoms with Crippen LogP contribution in [0.3, 0.4) is 0 Å². The molecule has 0 radical (unpaired) electrons. The van der Waals surface area contributed by atoms with E-state index in [0.29, 0.717) is 19.5 Å². The van der Waals surface area contributed by atoms with Crippen LogP contribution >= 0.6 is 35.6 Å². The Bertz CT molecular complexity index is 626. The van der Waals surface area contributed by atoms with E-state index in [1.54, 1.807) is 6.07 Å². The zero-order valence-electron chi connectivity index (χ0n) is 12.3. The Hall–Kier alpha value is -1.07. The third-order valence-corrected chi connectivity index (χ3v) is 5.09. The average molecular weight is 377 g/mol. The van der Waals surface area contributed by atoms with E-state index in [2.05, 4.69) is 10.3 Å². The van der Waals surface area contributed by atoms with Crippen LogP contribution in [-0.4, -0.2) is 22.0 Å². The Balaban J connectivity index is 0.00000192. The van der Waals surface area contributed by atoms with Gasteiger partial charge in [-0.2, -0.15) is 4.39 Å². The van der Waals surface area contributed by atoms with Gasteiger partial charge in [0.25, 0.3) is 0 Å². The molecule has 1 unspecified atom stereocenters. The molecule has 1 aliphatic rings. The summed E-state index contributed by atoms with van der Waals surface area (Å²) in [5.74, 6) is -0.506. The van der Waals surface area contributed by atoms with Gasteiger partial charge in [-0.05, 0) is 17.7 Å². The lowest BCUT2D eigenvalue weighted by Crippen LogP contribution is -2.47. The van der Waals surface area contributed by atoms with Crippen LogP contribution in [0.4, 0.5) is 10.1 Å². The fraction of sp³-hybridized carbons (Fsp3) is 0.312. The molecule has 1 aliphatic heterocycles. The molecule has 0 spiro atoms. The van der Waals surface area contributed by atoms with Crippen LogP contribution in [0.2, 0.25) is 0 Å². The quantitative estimate of drug-likeness (QED) is 0.494. The van der Waals surface area contributed by atoms with Gasteiger partial charge in [-0.1, -0.05) is 53.5 Å². The Morgan fingerprint density at radius 2 is 2.00 bits per heavy atom. The molecule has 1 aromatic heterocycles. The molecular formula is C16H17Cl3FN3. The van der Waals surface area contributed by atoms with E-state index in [1.807, 2.05) is 35.2 Å². The van der Waals surface area contributed by atoms with Crippen molar-refractivity contribution in [2.75, 3.05) is 11.4 Å². The van der Waals surface area contributed by atoms with Gasteiger partial charge in [0.05, 0.1) is 11.9 Å². The molecule has 124 valence electrons. The number of halogens is 4. The second kappa shape index (κ2) is 7.67. The van der Waals surface area contributed by atoms with E-state index in [1.165, 1.54) is 12.3 Å². The summed E-state index contributed by atoms with van der Waals surface area (Å²) in [7, 11) is 0. The summed E-state index contributed by atoms with van der Waals surface area (Å²) in [4.78, 5) is 4.87. The number of anilines is 1. The zero-order chi connectivity index (χ0) is 15.6. The Morgan fingerprint density at radius 1 is 1.26 bits per heavy atom. The van der Waals surface area contributed by atoms with E-state index >= 15 is 0 Å². The summed E-state index contributed by atoms with van der Waals surface area (Å²) in [5, 5.41) is 3.33. The summed E-state index contributed by atoms with van der Waals surface area (Å²) >= 11 is 13.2. The van der Waals surface area contributed by atoms with E-state index in [-0.39, 0.29) is 12.4 Å². The normalized spacial score (nSPS) is 23.6. The lowest BCUT2D eigenvalue weighted by molar-refractivity contribution is 0.472. The van der Waals surface area contributed by atoms with Crippen LogP contribution in [0.25, 0.3) is 0 Å². The smallest absolute Gasteiger partial charge is 0.212 e. The minimum atomic E-state index is -0.730. The van der Waals surface area contributed by atoms with Gasteiger partial charge in [0.15, 0.2) is 0 Å². The highest BCUT2D eigenvalue weighted by atomic mass is 35.5. The van der Waals surface area contributed by atoms with Crippen molar-refractivity contribution in [3.8, 4) is 0 Å². The Morgan fingerprint density at radius 3 is 2.65 bits per heavy atom. The van der Waals surface area contributed by atoms with Crippen LogP contribution < -0.4 is 10.2 Å². The number of nitrogens with one attached hydrogen (secondary N) is 1. The monoisotopic (exact) mass is 375 g/mol. The number of hydrogen-bond donors (Lipinski definition) is 1. The first-order valence-corrected chi connectivity index (χ1v) is 7.90. The van der Waals surface area contributed by atoms with Crippen LogP contribution in [0.1, 0.15) is 12.0 Å². The van der Waals surface area contributed by atoms with Gasteiger partial charge in [-0.15, -0.1) is 12.4 Å². The maximum atomic E-state index is 12.9. The Kier molecular flexibility index (Phi) is 6.09. The molecule has 1 N–H and O–H groups in total. The number of pyridine rings is 1. The second-order valence-corrected chi connectivity index (χ2v) is 6.41. The van der Waals surface area contributed by atoms with Crippen molar-refractivity contribution in [2.24, 2.45) is 0 Å². The van der Waals surface area contributed by atoms with Crippen LogP contribution in [-0.2, 0) is 6.54 Å². The SMILES string of the molecule is Cl.Fc1ccc(N2CC[C@@](Cl)(NCc3ccccc3)C2Cl)cn1. The topological polar surface area (TPSA) is 28.2 Å². The number of hydrogen-bond acceptors (Lipinski definition) is 3. The highest BCUT2D eigenvalue weighted by Gasteiger charge is 2.45. The Labute approximate surface area is 151 Å². The maximum absolute atomic E-state index is 12.9. The summed E-state index contributed by atoms with van der Waals surface area (Å²) < 4.78 is 12.9. The summed E-state index contributed by atoms with van der Waals surface area (Å²) in [6.45, 7) is 1.33. The van der Waals surface area contributed by atoms with Crippen molar-refractivity contribution >= 4 is 41.3 Å². The number of aromatic nitrogens is 1. The van der Waals surface area contributed by atoms with Crippen LogP contribution in [0, 0.1) is 5.95 Å². The lowest BCUT2D eigenvalue weighted by atomic mass is 10.2. The first kappa shape index (κ1) is 18.3. The molecule has 3 rings (SSSR count). The molecule has 3 nitrogen and oxygen atoms in total. The molecule has 2 heterocycles. The number of alkyl halides is 2. The molecule has 1 fully saturated rings. The number of nitrogens with zero attached hydrogens (tertiary/aromatic N) is 2. The minimum Gasteiger partial charge on any atom is -0.351 e. The molecule has 1 saturated heterocycles. The van der Waals surface area contributed by atoms with Gasteiger partial charge in [-0.25, -0.2) is 4.98 Å². The van der Waals surface area contributed by atoms with Gasteiger partial charge in [-0.3, -0.25) is 5.32 Å². The fourth-order valence-electron chi connectivity index (χ4n) is 2.58. The molecule has 2 aromatic rings. The molecule has 0 saturated carbocycles. The number of benzene rings is 1. The molecule has 0 amide bonds. The highest BCUT2D eigenvalue weighted by Crippen LogP contribution is 2.38. The van der Waals surface area contributed by atoms with Crippen LogP contribution in [0.15, 0.2) is 48.7 Å². The largest absolute Gasteiger partial charge is 0.351 e. The van der Waals surface area contributed by atoms with Crippen molar-refractivity contribution in [3.63, 3.8) is 0 Å². The third-order valence-electron chi connectivity index (χ3n) is 3.84. The van der Waals surface area contributed by atoms with Gasteiger partial charge < -0.3 is 4.90 Å². The molecule has 23 heavy (non-hydrogen) atoms. The lowest BCUT2D eigenvalue weighted by Gasteiger charge is -2.30. The van der Waals surface area contributed by atoms with E-state index < -0.39 is 16.4 Å². The highest BCUT2D eigenvalue weighted by molar-refractivity contribution is 6.33. The molecule has 1 aromatic carbocycles. The molecule has 2 atom stereocenters. The molecule has 0 bridgehead atoms. The predicted molar refractivity (Wildman–Crippen MR) is 94.9 cm³/mol. The van der Waals surface area contributed by atoms with Gasteiger partial charge in [0.1, 0.15) is 10.5 Å². The summed E-state index contributed by atoms with van der Waals surface area (Å²) in [5.41, 5.74) is 1.48. The first-order chi connectivity index (χ1) is 10.6. The minimum absolute atomic E-state index is 0. The maximum Gasteiger partial charge on any atom is 0.212 e. The fourth-order valence-corrected chi connectivity index (χ4v) is 3.24. The zero-order valence-corrected chi connectivity index (χ0v) is 14.6. The summed E-state index contributed by atoms with van der Waals surface area (Å²) in [6, 6.07) is 13.0. The molecular weight excluding hydrogens is 360 g/mol. The predicted octanol–water partition coefficient (Wildman–Crippen LogP) is 4.14. The van der Waals surface area contributed by atoms with Crippen LogP contribution in [0.5, 0.6) is 0 Å². The average Bonchev–Trinajstić information content (AvgIpc) is 2.84. The third kappa shape index (κ3) is 4.07. The van der Waals surface area contributed by atoms with Crippen molar-refractivity contribution in [1.82, 2.24) is 10.3 Å². The van der Waals surface area contributed by atoms with Gasteiger partial charge in [0, 0.05) is 19.5 Å². The van der Waals surface area contributed by atoms with Gasteiger partial charge >= 0.3 is 0 Å². The number of rotatable bonds is 4. The van der Waals surface area contributed by atoms with Gasteiger partial charge in [0.2, 0.25) is 5.95 Å². The molecule has 0 aliphatic carbocycles. The first-order valence-electron chi connectivity index (χ1n) is 7.09. The van der Waals surface area contributed by atoms with Crippen molar-refractivity contribution < 1.29 is 4.39 Å². The summed E-state index contributed by atoms with van der Waals surface area (Å²) in [6.07, 6.45) is 2.16. The van der Waals surface area contributed by atoms with Crippen molar-refractivity contribution in [1.29, 1.82) is 0 Å². The van der Waals surface area contributed by atoms with E-state index in [0.717, 1.165) is 11.3 Å². The van der Waals surface area contributed by atoms with E-state index in [9.17, 15) is 4.39 Å². The van der Waals surface area contributed by atoms with E-state index in [4.69, 9.17) is 23.2 Å².